The molecule has 4 heteroatoms. The van der Waals surface area contributed by atoms with Gasteiger partial charge in [-0.1, -0.05) is 76.4 Å². The third-order valence-corrected chi connectivity index (χ3v) is 11.2. The van der Waals surface area contributed by atoms with E-state index in [1.165, 1.54) is 86.4 Å². The molecule has 0 unspecified atom stereocenters. The molecule has 0 saturated carbocycles. The van der Waals surface area contributed by atoms with Crippen molar-refractivity contribution in [3.05, 3.63) is 72.8 Å². The van der Waals surface area contributed by atoms with E-state index in [-0.39, 0.29) is 0 Å². The molecule has 0 aromatic heterocycles. The Labute approximate surface area is 222 Å². The summed E-state index contributed by atoms with van der Waals surface area (Å²) in [6.07, 6.45) is 7.59. The summed E-state index contributed by atoms with van der Waals surface area (Å²) in [5, 5.41) is 4.38. The van der Waals surface area contributed by atoms with Crippen LogP contribution in [0.2, 0.25) is 0 Å². The van der Waals surface area contributed by atoms with E-state index in [1.54, 1.807) is 0 Å². The second-order valence-electron chi connectivity index (χ2n) is 8.43. The molecule has 3 rings (SSSR count). The van der Waals surface area contributed by atoms with Crippen molar-refractivity contribution in [1.29, 1.82) is 0 Å². The summed E-state index contributed by atoms with van der Waals surface area (Å²) in [7, 11) is -0.590. The highest BCUT2D eigenvalue weighted by Gasteiger charge is 2.18. The van der Waals surface area contributed by atoms with Crippen molar-refractivity contribution in [3.63, 3.8) is 0 Å². The van der Waals surface area contributed by atoms with Gasteiger partial charge in [-0.05, 0) is 96.8 Å². The molecule has 0 aliphatic heterocycles. The van der Waals surface area contributed by atoms with E-state index in [0.717, 1.165) is 0 Å². The molecular weight excluding hydrogens is 488 g/mol. The normalized spacial score (nSPS) is 11.3. The van der Waals surface area contributed by atoms with Crippen molar-refractivity contribution in [2.45, 2.75) is 74.0 Å². The van der Waals surface area contributed by atoms with Crippen molar-refractivity contribution in [1.82, 2.24) is 0 Å². The molecule has 0 N–H and O–H groups in total. The third kappa shape index (κ3) is 8.98. The van der Waals surface area contributed by atoms with E-state index < -0.39 is 7.92 Å². The molecule has 0 radical (unpaired) electrons. The highest BCUT2D eigenvalue weighted by atomic mass is 32.2. The fourth-order valence-corrected chi connectivity index (χ4v) is 9.42. The van der Waals surface area contributed by atoms with Crippen LogP contribution in [0.5, 0.6) is 0 Å². The third-order valence-electron chi connectivity index (χ3n) is 5.53. The van der Waals surface area contributed by atoms with Crippen molar-refractivity contribution < 1.29 is 0 Å². The van der Waals surface area contributed by atoms with Gasteiger partial charge in [0.2, 0.25) is 0 Å². The molecule has 0 saturated heterocycles. The first-order valence-corrected chi connectivity index (χ1v) is 17.0. The van der Waals surface area contributed by atoms with Crippen LogP contribution >= 0.6 is 43.2 Å². The van der Waals surface area contributed by atoms with Crippen molar-refractivity contribution >= 4 is 59.1 Å². The first kappa shape index (κ1) is 27.7. The molecule has 0 spiro atoms. The number of hydrogen-bond acceptors (Lipinski definition) is 3. The Morgan fingerprint density at radius 2 is 0.824 bits per heavy atom. The molecule has 0 aliphatic rings. The van der Waals surface area contributed by atoms with E-state index in [0.29, 0.717) is 0 Å². The summed E-state index contributed by atoms with van der Waals surface area (Å²) in [5.74, 6) is 3.60. The number of thioether (sulfide) groups is 3. The molecule has 0 aliphatic carbocycles. The molecule has 182 valence electrons. The monoisotopic (exact) mass is 526 g/mol. The summed E-state index contributed by atoms with van der Waals surface area (Å²) in [6, 6.07) is 28.1. The zero-order chi connectivity index (χ0) is 24.0. The number of hydrogen-bond donors (Lipinski definition) is 0. The van der Waals surface area contributed by atoms with Crippen molar-refractivity contribution in [2.24, 2.45) is 0 Å². The van der Waals surface area contributed by atoms with Crippen LogP contribution in [-0.4, -0.2) is 17.3 Å². The Hall–Kier alpha value is -0.860. The van der Waals surface area contributed by atoms with Gasteiger partial charge in [0.25, 0.3) is 0 Å². The number of benzene rings is 3. The zero-order valence-electron chi connectivity index (χ0n) is 21.0. The minimum absolute atomic E-state index is 0.590. The van der Waals surface area contributed by atoms with Crippen LogP contribution in [0.4, 0.5) is 0 Å². The Morgan fingerprint density at radius 3 is 1.12 bits per heavy atom. The van der Waals surface area contributed by atoms with Crippen LogP contribution in [0.15, 0.2) is 87.5 Å². The van der Waals surface area contributed by atoms with Crippen LogP contribution in [0.25, 0.3) is 0 Å². The highest BCUT2D eigenvalue weighted by molar-refractivity contribution is 7.99. The lowest BCUT2D eigenvalue weighted by atomic mass is 10.3. The molecule has 34 heavy (non-hydrogen) atoms. The molecule has 3 aromatic rings. The predicted octanol–water partition coefficient (Wildman–Crippen LogP) is 9.12. The molecule has 3 aromatic carbocycles. The molecule has 0 fully saturated rings. The van der Waals surface area contributed by atoms with Gasteiger partial charge < -0.3 is 0 Å². The van der Waals surface area contributed by atoms with E-state index in [4.69, 9.17) is 0 Å². The second kappa shape index (κ2) is 16.0. The van der Waals surface area contributed by atoms with E-state index in [1.807, 2.05) is 35.3 Å². The van der Waals surface area contributed by atoms with Crippen LogP contribution in [-0.2, 0) is 0 Å². The zero-order valence-corrected chi connectivity index (χ0v) is 24.3. The second-order valence-corrected chi connectivity index (χ2v) is 14.2. The lowest BCUT2D eigenvalue weighted by Gasteiger charge is -2.21. The summed E-state index contributed by atoms with van der Waals surface area (Å²) < 4.78 is 0. The fourth-order valence-electron chi connectivity index (χ4n) is 3.59. The predicted molar refractivity (Wildman–Crippen MR) is 162 cm³/mol. The summed E-state index contributed by atoms with van der Waals surface area (Å²) >= 11 is 6.01. The van der Waals surface area contributed by atoms with Crippen molar-refractivity contribution in [2.75, 3.05) is 17.3 Å². The topological polar surface area (TPSA) is 0 Å². The quantitative estimate of drug-likeness (QED) is 0.110. The smallest absolute Gasteiger partial charge is 0.00785 e. The van der Waals surface area contributed by atoms with E-state index >= 15 is 0 Å². The van der Waals surface area contributed by atoms with Gasteiger partial charge in [0.05, 0.1) is 0 Å². The maximum Gasteiger partial charge on any atom is 0.00785 e. The van der Waals surface area contributed by atoms with Crippen LogP contribution in [0.3, 0.4) is 0 Å². The number of unbranched alkanes of at least 4 members (excludes halogenated alkanes) is 3. The minimum Gasteiger partial charge on any atom is -0.126 e. The van der Waals surface area contributed by atoms with Crippen LogP contribution in [0, 0.1) is 0 Å². The fraction of sp³-hybridized carbons (Fsp3) is 0.400. The van der Waals surface area contributed by atoms with Gasteiger partial charge in [-0.2, -0.15) is 0 Å². The van der Waals surface area contributed by atoms with Gasteiger partial charge in [-0.15, -0.1) is 35.3 Å². The standard InChI is InChI=1S/C30H39PS3/c1-4-7-19-32-28-16-10-13-25(22-28)31(26-14-11-17-29(23-26)33-20-8-5-2)27-15-12-18-30(24-27)34-21-9-6-3/h10-18,22-24H,4-9,19-21H2,1-3H3. The largest absolute Gasteiger partial charge is 0.126 e. The summed E-state index contributed by atoms with van der Waals surface area (Å²) in [4.78, 5) is 4.21. The maximum absolute atomic E-state index is 2.46. The van der Waals surface area contributed by atoms with E-state index in [9.17, 15) is 0 Å². The number of rotatable bonds is 15. The first-order chi connectivity index (χ1) is 16.7. The average Bonchev–Trinajstić information content (AvgIpc) is 2.86. The molecular formula is C30H39PS3. The van der Waals surface area contributed by atoms with Gasteiger partial charge in [-0.3, -0.25) is 0 Å². The first-order valence-electron chi connectivity index (χ1n) is 12.7. The molecule has 0 amide bonds. The molecule has 0 bridgehead atoms. The minimum atomic E-state index is -0.590. The van der Waals surface area contributed by atoms with Gasteiger partial charge >= 0.3 is 0 Å². The SMILES string of the molecule is CCCCSc1cccc(P(c2cccc(SCCCC)c2)c2cccc(SCCCC)c2)c1. The average molecular weight is 527 g/mol. The lowest BCUT2D eigenvalue weighted by molar-refractivity contribution is 0.896. The lowest BCUT2D eigenvalue weighted by Crippen LogP contribution is -2.21. The van der Waals surface area contributed by atoms with Gasteiger partial charge in [0.1, 0.15) is 0 Å². The van der Waals surface area contributed by atoms with Crippen LogP contribution < -0.4 is 15.9 Å². The highest BCUT2D eigenvalue weighted by Crippen LogP contribution is 2.36. The van der Waals surface area contributed by atoms with Crippen LogP contribution in [0.1, 0.15) is 59.3 Å². The molecule has 0 heterocycles. The Kier molecular flexibility index (Phi) is 13.0. The van der Waals surface area contributed by atoms with Crippen molar-refractivity contribution in [3.8, 4) is 0 Å². The summed E-state index contributed by atoms with van der Waals surface area (Å²) in [6.45, 7) is 6.81. The Balaban J connectivity index is 1.96. The van der Waals surface area contributed by atoms with Gasteiger partial charge in [0.15, 0.2) is 0 Å². The Bertz CT molecular complexity index is 861. The van der Waals surface area contributed by atoms with E-state index in [2.05, 4.69) is 93.6 Å². The molecule has 0 nitrogen and oxygen atoms in total. The van der Waals surface area contributed by atoms with Gasteiger partial charge in [0, 0.05) is 14.7 Å². The summed E-state index contributed by atoms with van der Waals surface area (Å²) in [5.41, 5.74) is 0. The Morgan fingerprint density at radius 1 is 0.500 bits per heavy atom. The van der Waals surface area contributed by atoms with Gasteiger partial charge in [-0.25, -0.2) is 0 Å². The maximum atomic E-state index is 2.46. The molecule has 0 atom stereocenters.